The Balaban J connectivity index is 2.45. The molecule has 0 saturated heterocycles. The first-order chi connectivity index (χ1) is 9.86. The molecule has 1 unspecified atom stereocenters. The lowest BCUT2D eigenvalue weighted by molar-refractivity contribution is 0.356. The van der Waals surface area contributed by atoms with Crippen molar-refractivity contribution in [2.24, 2.45) is 0 Å². The van der Waals surface area contributed by atoms with Gasteiger partial charge in [0.2, 0.25) is 0 Å². The van der Waals surface area contributed by atoms with Gasteiger partial charge in [0.1, 0.15) is 17.5 Å². The maximum absolute atomic E-state index is 14.1. The summed E-state index contributed by atoms with van der Waals surface area (Å²) in [6.07, 6.45) is 0. The number of benzene rings is 2. The lowest BCUT2D eigenvalue weighted by atomic mass is 9.75. The number of likely N-dealkylation sites (N-methyl/N-ethyl adjacent to an activating group) is 1. The molecule has 1 nitrogen and oxygen atoms in total. The number of rotatable bonds is 4. The number of hydrogen-bond donors (Lipinski definition) is 1. The molecular formula is C17H18F3N. The number of nitrogens with one attached hydrogen (secondary N) is 1. The highest BCUT2D eigenvalue weighted by Crippen LogP contribution is 2.37. The van der Waals surface area contributed by atoms with Crippen LogP contribution in [0.3, 0.4) is 0 Å². The van der Waals surface area contributed by atoms with E-state index in [-0.39, 0.29) is 11.9 Å². The van der Waals surface area contributed by atoms with Crippen LogP contribution in [0.4, 0.5) is 13.2 Å². The van der Waals surface area contributed by atoms with Gasteiger partial charge in [0.25, 0.3) is 0 Å². The van der Waals surface area contributed by atoms with Gasteiger partial charge in [-0.15, -0.1) is 0 Å². The molecule has 2 aromatic rings. The predicted octanol–water partition coefficient (Wildman–Crippen LogP) is 4.34. The maximum atomic E-state index is 14.1. The van der Waals surface area contributed by atoms with Gasteiger partial charge < -0.3 is 5.32 Å². The van der Waals surface area contributed by atoms with Gasteiger partial charge in [0, 0.05) is 23.1 Å². The van der Waals surface area contributed by atoms with Crippen LogP contribution in [-0.4, -0.2) is 7.05 Å². The van der Waals surface area contributed by atoms with Gasteiger partial charge in [-0.1, -0.05) is 32.0 Å². The van der Waals surface area contributed by atoms with Crippen LogP contribution in [0.15, 0.2) is 42.5 Å². The summed E-state index contributed by atoms with van der Waals surface area (Å²) in [4.78, 5) is 0. The largest absolute Gasteiger partial charge is 0.312 e. The quantitative estimate of drug-likeness (QED) is 0.884. The Morgan fingerprint density at radius 3 is 2.00 bits per heavy atom. The fourth-order valence-corrected chi connectivity index (χ4v) is 2.69. The fourth-order valence-electron chi connectivity index (χ4n) is 2.69. The second-order valence-electron chi connectivity index (χ2n) is 5.62. The summed E-state index contributed by atoms with van der Waals surface area (Å²) in [6, 6.07) is 9.31. The molecule has 1 N–H and O–H groups in total. The molecule has 0 aliphatic carbocycles. The third-order valence-electron chi connectivity index (χ3n) is 3.87. The molecule has 0 amide bonds. The lowest BCUT2D eigenvalue weighted by Crippen LogP contribution is -2.36. The first-order valence-electron chi connectivity index (χ1n) is 6.74. The van der Waals surface area contributed by atoms with E-state index in [1.54, 1.807) is 19.2 Å². The standard InChI is InChI=1S/C17H18F3N/c1-17(2,11-4-6-12(18)7-5-11)16(21-3)14-9-8-13(19)10-15(14)20/h4-10,16,21H,1-3H3. The summed E-state index contributed by atoms with van der Waals surface area (Å²) in [5.41, 5.74) is 0.751. The Hall–Kier alpha value is -1.81. The van der Waals surface area contributed by atoms with Crippen LogP contribution in [-0.2, 0) is 5.41 Å². The number of halogens is 3. The van der Waals surface area contributed by atoms with Crippen molar-refractivity contribution in [1.29, 1.82) is 0 Å². The van der Waals surface area contributed by atoms with E-state index < -0.39 is 17.0 Å². The van der Waals surface area contributed by atoms with Crippen molar-refractivity contribution in [3.05, 3.63) is 71.0 Å². The van der Waals surface area contributed by atoms with Crippen molar-refractivity contribution in [3.63, 3.8) is 0 Å². The van der Waals surface area contributed by atoms with E-state index in [1.807, 2.05) is 13.8 Å². The zero-order valence-electron chi connectivity index (χ0n) is 12.3. The normalized spacial score (nSPS) is 13.2. The summed E-state index contributed by atoms with van der Waals surface area (Å²) >= 11 is 0. The van der Waals surface area contributed by atoms with E-state index >= 15 is 0 Å². The Labute approximate surface area is 122 Å². The van der Waals surface area contributed by atoms with Gasteiger partial charge in [0.05, 0.1) is 0 Å². The van der Waals surface area contributed by atoms with Crippen molar-refractivity contribution < 1.29 is 13.2 Å². The molecular weight excluding hydrogens is 275 g/mol. The minimum atomic E-state index is -0.606. The second-order valence-corrected chi connectivity index (χ2v) is 5.62. The van der Waals surface area contributed by atoms with Crippen LogP contribution in [0.2, 0.25) is 0 Å². The molecule has 0 aliphatic rings. The van der Waals surface area contributed by atoms with E-state index in [1.165, 1.54) is 24.3 Å². The van der Waals surface area contributed by atoms with Crippen molar-refractivity contribution >= 4 is 0 Å². The number of hydrogen-bond acceptors (Lipinski definition) is 1. The van der Waals surface area contributed by atoms with E-state index in [9.17, 15) is 13.2 Å². The van der Waals surface area contributed by atoms with Crippen LogP contribution in [0.5, 0.6) is 0 Å². The van der Waals surface area contributed by atoms with Crippen LogP contribution in [0, 0.1) is 17.5 Å². The highest BCUT2D eigenvalue weighted by molar-refractivity contribution is 5.33. The monoisotopic (exact) mass is 293 g/mol. The van der Waals surface area contributed by atoms with Crippen LogP contribution in [0.1, 0.15) is 31.0 Å². The van der Waals surface area contributed by atoms with Gasteiger partial charge in [-0.25, -0.2) is 13.2 Å². The van der Waals surface area contributed by atoms with Crippen LogP contribution < -0.4 is 5.32 Å². The first-order valence-corrected chi connectivity index (χ1v) is 6.74. The smallest absolute Gasteiger partial charge is 0.130 e. The Kier molecular flexibility index (Phi) is 4.37. The van der Waals surface area contributed by atoms with E-state index in [0.717, 1.165) is 11.6 Å². The lowest BCUT2D eigenvalue weighted by Gasteiger charge is -2.35. The van der Waals surface area contributed by atoms with Gasteiger partial charge in [-0.3, -0.25) is 0 Å². The average Bonchev–Trinajstić information content (AvgIpc) is 2.42. The van der Waals surface area contributed by atoms with E-state index in [0.29, 0.717) is 5.56 Å². The Morgan fingerprint density at radius 1 is 0.905 bits per heavy atom. The van der Waals surface area contributed by atoms with Gasteiger partial charge in [-0.05, 0) is 30.8 Å². The van der Waals surface area contributed by atoms with Crippen molar-refractivity contribution in [3.8, 4) is 0 Å². The highest BCUT2D eigenvalue weighted by Gasteiger charge is 2.33. The summed E-state index contributed by atoms with van der Waals surface area (Å²) in [5.74, 6) is -1.52. The molecule has 2 rings (SSSR count). The van der Waals surface area contributed by atoms with E-state index in [4.69, 9.17) is 0 Å². The van der Waals surface area contributed by atoms with Crippen LogP contribution in [0.25, 0.3) is 0 Å². The molecule has 0 aromatic heterocycles. The van der Waals surface area contributed by atoms with Gasteiger partial charge in [0.15, 0.2) is 0 Å². The zero-order chi connectivity index (χ0) is 15.6. The molecule has 0 spiro atoms. The fraction of sp³-hybridized carbons (Fsp3) is 0.294. The minimum absolute atomic E-state index is 0.316. The molecule has 0 fully saturated rings. The van der Waals surface area contributed by atoms with Gasteiger partial charge in [-0.2, -0.15) is 0 Å². The molecule has 0 bridgehead atoms. The van der Waals surface area contributed by atoms with Crippen LogP contribution >= 0.6 is 0 Å². The molecule has 21 heavy (non-hydrogen) atoms. The highest BCUT2D eigenvalue weighted by atomic mass is 19.1. The Morgan fingerprint density at radius 2 is 1.48 bits per heavy atom. The molecule has 0 radical (unpaired) electrons. The molecule has 112 valence electrons. The summed E-state index contributed by atoms with van der Waals surface area (Å²) in [5, 5.41) is 3.08. The molecule has 1 atom stereocenters. The van der Waals surface area contributed by atoms with E-state index in [2.05, 4.69) is 5.32 Å². The molecule has 0 saturated carbocycles. The zero-order valence-corrected chi connectivity index (χ0v) is 12.3. The molecule has 0 heterocycles. The molecule has 0 aliphatic heterocycles. The first kappa shape index (κ1) is 15.6. The van der Waals surface area contributed by atoms with Crippen molar-refractivity contribution in [2.45, 2.75) is 25.3 Å². The third kappa shape index (κ3) is 3.10. The van der Waals surface area contributed by atoms with Crippen molar-refractivity contribution in [2.75, 3.05) is 7.05 Å². The average molecular weight is 293 g/mol. The molecule has 4 heteroatoms. The SMILES string of the molecule is CNC(c1ccc(F)cc1F)C(C)(C)c1ccc(F)cc1. The summed E-state index contributed by atoms with van der Waals surface area (Å²) in [6.45, 7) is 3.87. The third-order valence-corrected chi connectivity index (χ3v) is 3.87. The summed E-state index contributed by atoms with van der Waals surface area (Å²) in [7, 11) is 1.72. The summed E-state index contributed by atoms with van der Waals surface area (Å²) < 4.78 is 40.2. The van der Waals surface area contributed by atoms with Gasteiger partial charge >= 0.3 is 0 Å². The Bertz CT molecular complexity index is 620. The minimum Gasteiger partial charge on any atom is -0.312 e. The predicted molar refractivity (Wildman–Crippen MR) is 77.6 cm³/mol. The topological polar surface area (TPSA) is 12.0 Å². The van der Waals surface area contributed by atoms with Crippen molar-refractivity contribution in [1.82, 2.24) is 5.32 Å². The maximum Gasteiger partial charge on any atom is 0.130 e. The molecule has 2 aromatic carbocycles. The second kappa shape index (κ2) is 5.90.